The van der Waals surface area contributed by atoms with Crippen molar-refractivity contribution >= 4 is 6.09 Å². The summed E-state index contributed by atoms with van der Waals surface area (Å²) in [5.74, 6) is 0. The van der Waals surface area contributed by atoms with Crippen LogP contribution in [-0.4, -0.2) is 53.5 Å². The first-order valence-corrected chi connectivity index (χ1v) is 7.73. The van der Waals surface area contributed by atoms with E-state index in [1.54, 1.807) is 4.90 Å². The van der Waals surface area contributed by atoms with Crippen LogP contribution in [0.25, 0.3) is 0 Å². The molecular weight excluding hydrogens is 256 g/mol. The third-order valence-electron chi connectivity index (χ3n) is 3.38. The van der Waals surface area contributed by atoms with Gasteiger partial charge in [-0.3, -0.25) is 0 Å². The van der Waals surface area contributed by atoms with Crippen molar-refractivity contribution in [2.24, 2.45) is 0 Å². The molecule has 2 N–H and O–H groups in total. The fourth-order valence-corrected chi connectivity index (χ4v) is 2.30. The zero-order valence-corrected chi connectivity index (χ0v) is 13.3. The molecule has 1 rings (SSSR count). The van der Waals surface area contributed by atoms with Gasteiger partial charge in [0.05, 0.1) is 18.7 Å². The number of unbranched alkanes of at least 4 members (excludes halogenated alkanes) is 3. The first-order valence-electron chi connectivity index (χ1n) is 7.73. The molecule has 0 unspecified atom stereocenters. The van der Waals surface area contributed by atoms with Crippen LogP contribution < -0.4 is 5.32 Å². The van der Waals surface area contributed by atoms with E-state index in [-0.39, 0.29) is 12.1 Å². The van der Waals surface area contributed by atoms with Gasteiger partial charge in [0, 0.05) is 6.54 Å². The topological polar surface area (TPSA) is 61.8 Å². The Morgan fingerprint density at radius 3 is 2.60 bits per heavy atom. The maximum Gasteiger partial charge on any atom is 0.410 e. The molecule has 2 atom stereocenters. The quantitative estimate of drug-likeness (QED) is 0.734. The summed E-state index contributed by atoms with van der Waals surface area (Å²) in [6, 6.07) is -0.0378. The molecule has 0 saturated carbocycles. The highest BCUT2D eigenvalue weighted by Gasteiger charge is 2.35. The Labute approximate surface area is 122 Å². The van der Waals surface area contributed by atoms with E-state index in [1.807, 2.05) is 20.8 Å². The van der Waals surface area contributed by atoms with Crippen LogP contribution in [0.15, 0.2) is 0 Å². The first kappa shape index (κ1) is 17.2. The Morgan fingerprint density at radius 1 is 1.30 bits per heavy atom. The summed E-state index contributed by atoms with van der Waals surface area (Å²) in [5.41, 5.74) is -0.492. The molecule has 0 aliphatic carbocycles. The average molecular weight is 286 g/mol. The van der Waals surface area contributed by atoms with Crippen LogP contribution in [0.5, 0.6) is 0 Å². The lowest BCUT2D eigenvalue weighted by Crippen LogP contribution is -2.40. The van der Waals surface area contributed by atoms with Gasteiger partial charge in [0.25, 0.3) is 0 Å². The highest BCUT2D eigenvalue weighted by atomic mass is 16.6. The maximum atomic E-state index is 11.9. The summed E-state index contributed by atoms with van der Waals surface area (Å²) in [7, 11) is 0. The van der Waals surface area contributed by atoms with Crippen molar-refractivity contribution in [3.8, 4) is 0 Å². The molecule has 0 aromatic heterocycles. The van der Waals surface area contributed by atoms with E-state index in [0.717, 1.165) is 13.0 Å². The number of carbonyl (C=O) groups is 1. The number of amides is 1. The number of hydrogen-bond donors (Lipinski definition) is 2. The van der Waals surface area contributed by atoms with Gasteiger partial charge in [0.1, 0.15) is 5.60 Å². The van der Waals surface area contributed by atoms with Crippen molar-refractivity contribution in [1.82, 2.24) is 10.2 Å². The highest BCUT2D eigenvalue weighted by Crippen LogP contribution is 2.16. The highest BCUT2D eigenvalue weighted by molar-refractivity contribution is 5.68. The molecule has 0 spiro atoms. The molecule has 1 saturated heterocycles. The molecule has 1 aliphatic rings. The number of nitrogens with one attached hydrogen (secondary N) is 1. The lowest BCUT2D eigenvalue weighted by molar-refractivity contribution is 0.0270. The van der Waals surface area contributed by atoms with Crippen LogP contribution in [0.3, 0.4) is 0 Å². The summed E-state index contributed by atoms with van der Waals surface area (Å²) in [6.45, 7) is 9.49. The molecule has 5 nitrogen and oxygen atoms in total. The van der Waals surface area contributed by atoms with Crippen molar-refractivity contribution in [2.75, 3.05) is 19.6 Å². The molecule has 0 bridgehead atoms. The molecule has 0 aromatic carbocycles. The number of aliphatic hydroxyl groups excluding tert-OH is 1. The van der Waals surface area contributed by atoms with Gasteiger partial charge in [-0.05, 0) is 33.7 Å². The number of hydrogen-bond acceptors (Lipinski definition) is 4. The van der Waals surface area contributed by atoms with Crippen LogP contribution in [0.1, 0.15) is 53.4 Å². The number of likely N-dealkylation sites (tertiary alicyclic amines) is 1. The number of rotatable bonds is 6. The average Bonchev–Trinajstić information content (AvgIpc) is 2.69. The molecule has 118 valence electrons. The van der Waals surface area contributed by atoms with Crippen LogP contribution in [0, 0.1) is 0 Å². The normalized spacial score (nSPS) is 23.1. The van der Waals surface area contributed by atoms with Gasteiger partial charge >= 0.3 is 6.09 Å². The minimum absolute atomic E-state index is 0.0378. The van der Waals surface area contributed by atoms with Gasteiger partial charge in [0.2, 0.25) is 0 Å². The van der Waals surface area contributed by atoms with E-state index in [2.05, 4.69) is 12.2 Å². The standard InChI is InChI=1S/C15H30N2O3/c1-5-6-7-8-9-16-12-10-17(11-13(12)18)14(19)20-15(2,3)4/h12-13,16,18H,5-11H2,1-4H3/t12-,13-/m1/s1. The summed E-state index contributed by atoms with van der Waals surface area (Å²) in [6.07, 6.45) is 3.95. The zero-order chi connectivity index (χ0) is 15.2. The second kappa shape index (κ2) is 7.84. The minimum Gasteiger partial charge on any atom is -0.444 e. The summed E-state index contributed by atoms with van der Waals surface area (Å²) >= 11 is 0. The number of nitrogens with zero attached hydrogens (tertiary/aromatic N) is 1. The smallest absolute Gasteiger partial charge is 0.410 e. The van der Waals surface area contributed by atoms with Crippen LogP contribution in [0.4, 0.5) is 4.79 Å². The summed E-state index contributed by atoms with van der Waals surface area (Å²) < 4.78 is 5.32. The summed E-state index contributed by atoms with van der Waals surface area (Å²) in [5, 5.41) is 13.3. The Bertz CT molecular complexity index is 302. The number of carbonyl (C=O) groups excluding carboxylic acids is 1. The molecule has 0 radical (unpaired) electrons. The SMILES string of the molecule is CCCCCCN[C@@H]1CN(C(=O)OC(C)(C)C)C[C@H]1O. The molecule has 0 aromatic rings. The van der Waals surface area contributed by atoms with Crippen molar-refractivity contribution < 1.29 is 14.6 Å². The maximum absolute atomic E-state index is 11.9. The Hall–Kier alpha value is -0.810. The predicted octanol–water partition coefficient (Wildman–Crippen LogP) is 2.14. The third kappa shape index (κ3) is 6.09. The Balaban J connectivity index is 2.30. The predicted molar refractivity (Wildman–Crippen MR) is 79.7 cm³/mol. The Morgan fingerprint density at radius 2 is 2.00 bits per heavy atom. The van der Waals surface area contributed by atoms with E-state index >= 15 is 0 Å². The van der Waals surface area contributed by atoms with Crippen molar-refractivity contribution in [3.63, 3.8) is 0 Å². The van der Waals surface area contributed by atoms with E-state index in [4.69, 9.17) is 4.74 Å². The number of aliphatic hydroxyl groups is 1. The van der Waals surface area contributed by atoms with E-state index in [9.17, 15) is 9.90 Å². The van der Waals surface area contributed by atoms with Crippen molar-refractivity contribution in [1.29, 1.82) is 0 Å². The van der Waals surface area contributed by atoms with E-state index in [0.29, 0.717) is 13.1 Å². The molecule has 1 aliphatic heterocycles. The number of ether oxygens (including phenoxy) is 1. The molecule has 20 heavy (non-hydrogen) atoms. The van der Waals surface area contributed by atoms with E-state index < -0.39 is 11.7 Å². The van der Waals surface area contributed by atoms with Gasteiger partial charge in [-0.25, -0.2) is 4.79 Å². The monoisotopic (exact) mass is 286 g/mol. The fraction of sp³-hybridized carbons (Fsp3) is 0.933. The minimum atomic E-state index is -0.506. The second-order valence-corrected chi connectivity index (χ2v) is 6.57. The third-order valence-corrected chi connectivity index (χ3v) is 3.38. The van der Waals surface area contributed by atoms with Gasteiger partial charge in [-0.15, -0.1) is 0 Å². The summed E-state index contributed by atoms with van der Waals surface area (Å²) in [4.78, 5) is 13.5. The van der Waals surface area contributed by atoms with Gasteiger partial charge in [-0.1, -0.05) is 26.2 Å². The lowest BCUT2D eigenvalue weighted by atomic mass is 10.2. The largest absolute Gasteiger partial charge is 0.444 e. The van der Waals surface area contributed by atoms with Crippen LogP contribution in [0.2, 0.25) is 0 Å². The van der Waals surface area contributed by atoms with Gasteiger partial charge < -0.3 is 20.1 Å². The number of β-amino-alcohol motifs (C(OH)–C–C–N with tert-alkyl or cyclic N) is 1. The van der Waals surface area contributed by atoms with Gasteiger partial charge in [0.15, 0.2) is 0 Å². The zero-order valence-electron chi connectivity index (χ0n) is 13.3. The fourth-order valence-electron chi connectivity index (χ4n) is 2.30. The lowest BCUT2D eigenvalue weighted by Gasteiger charge is -2.24. The molecule has 1 heterocycles. The molecule has 5 heteroatoms. The van der Waals surface area contributed by atoms with Crippen LogP contribution in [-0.2, 0) is 4.74 Å². The molecular formula is C15H30N2O3. The molecule has 1 amide bonds. The first-order chi connectivity index (χ1) is 9.33. The van der Waals surface area contributed by atoms with Crippen molar-refractivity contribution in [2.45, 2.75) is 71.1 Å². The molecule has 1 fully saturated rings. The van der Waals surface area contributed by atoms with Crippen LogP contribution >= 0.6 is 0 Å². The Kier molecular flexibility index (Phi) is 6.76. The van der Waals surface area contributed by atoms with Gasteiger partial charge in [-0.2, -0.15) is 0 Å². The van der Waals surface area contributed by atoms with Crippen molar-refractivity contribution in [3.05, 3.63) is 0 Å². The second-order valence-electron chi connectivity index (χ2n) is 6.57. The van der Waals surface area contributed by atoms with E-state index in [1.165, 1.54) is 19.3 Å².